The minimum Gasteiger partial charge on any atom is -0.357 e. The van der Waals surface area contributed by atoms with E-state index in [9.17, 15) is 0 Å². The van der Waals surface area contributed by atoms with Gasteiger partial charge < -0.3 is 10.2 Å². The first kappa shape index (κ1) is 11.3. The molecule has 1 fully saturated rings. The highest BCUT2D eigenvalue weighted by molar-refractivity contribution is 5.90. The number of nitrogens with zero attached hydrogens (tertiary/aromatic N) is 3. The summed E-state index contributed by atoms with van der Waals surface area (Å²) in [7, 11) is 4.00. The van der Waals surface area contributed by atoms with Gasteiger partial charge in [-0.05, 0) is 31.4 Å². The zero-order chi connectivity index (χ0) is 12.5. The molecule has 94 valence electrons. The molecule has 0 atom stereocenters. The summed E-state index contributed by atoms with van der Waals surface area (Å²) in [6, 6.07) is 8.83. The molecule has 4 nitrogen and oxygen atoms in total. The first-order chi connectivity index (χ1) is 8.79. The van der Waals surface area contributed by atoms with Gasteiger partial charge in [-0.25, -0.2) is 4.98 Å². The van der Waals surface area contributed by atoms with Crippen LogP contribution in [-0.4, -0.2) is 30.1 Å². The molecule has 0 amide bonds. The average Bonchev–Trinajstić information content (AvgIpc) is 2.35. The summed E-state index contributed by atoms with van der Waals surface area (Å²) in [6.45, 7) is 0. The fourth-order valence-electron chi connectivity index (χ4n) is 2.39. The Balaban J connectivity index is 2.12. The number of anilines is 2. The number of rotatable bonds is 3. The van der Waals surface area contributed by atoms with E-state index in [0.717, 1.165) is 16.7 Å². The highest BCUT2D eigenvalue weighted by atomic mass is 15.2. The predicted octanol–water partition coefficient (Wildman–Crippen LogP) is 2.66. The third kappa shape index (κ3) is 1.78. The standard InChI is InChI=1S/C14H18N4/c1-15-14-16-12-9-4-3-8-11(12)13(17-14)18(2)10-6-5-7-10/h3-4,8-10H,5-7H2,1-2H3,(H,15,16,17). The van der Waals surface area contributed by atoms with Gasteiger partial charge in [-0.2, -0.15) is 4.98 Å². The van der Waals surface area contributed by atoms with Gasteiger partial charge in [0.25, 0.3) is 0 Å². The summed E-state index contributed by atoms with van der Waals surface area (Å²) in [4.78, 5) is 11.4. The van der Waals surface area contributed by atoms with Crippen LogP contribution >= 0.6 is 0 Å². The molecule has 18 heavy (non-hydrogen) atoms. The zero-order valence-corrected chi connectivity index (χ0v) is 10.8. The van der Waals surface area contributed by atoms with Gasteiger partial charge in [0.15, 0.2) is 0 Å². The summed E-state index contributed by atoms with van der Waals surface area (Å²) >= 11 is 0. The van der Waals surface area contributed by atoms with E-state index < -0.39 is 0 Å². The van der Waals surface area contributed by atoms with Gasteiger partial charge in [-0.1, -0.05) is 12.1 Å². The highest BCUT2D eigenvalue weighted by Gasteiger charge is 2.24. The number of fused-ring (bicyclic) bond motifs is 1. The Hall–Kier alpha value is -1.84. The van der Waals surface area contributed by atoms with Gasteiger partial charge in [-0.15, -0.1) is 0 Å². The Morgan fingerprint density at radius 3 is 2.67 bits per heavy atom. The number of aromatic nitrogens is 2. The second-order valence-corrected chi connectivity index (χ2v) is 4.83. The van der Waals surface area contributed by atoms with Crippen LogP contribution in [0.5, 0.6) is 0 Å². The third-order valence-electron chi connectivity index (χ3n) is 3.76. The molecule has 0 unspecified atom stereocenters. The Kier molecular flexibility index (Phi) is 2.78. The molecular weight excluding hydrogens is 224 g/mol. The van der Waals surface area contributed by atoms with Crippen molar-refractivity contribution in [3.05, 3.63) is 24.3 Å². The fraction of sp³-hybridized carbons (Fsp3) is 0.429. The Labute approximate surface area is 107 Å². The topological polar surface area (TPSA) is 41.1 Å². The molecule has 4 heteroatoms. The third-order valence-corrected chi connectivity index (χ3v) is 3.76. The lowest BCUT2D eigenvalue weighted by Crippen LogP contribution is -2.37. The quantitative estimate of drug-likeness (QED) is 0.898. The van der Waals surface area contributed by atoms with Crippen LogP contribution < -0.4 is 10.2 Å². The lowest BCUT2D eigenvalue weighted by Gasteiger charge is -2.36. The van der Waals surface area contributed by atoms with E-state index in [4.69, 9.17) is 0 Å². The zero-order valence-electron chi connectivity index (χ0n) is 10.8. The van der Waals surface area contributed by atoms with Crippen LogP contribution in [0.15, 0.2) is 24.3 Å². The van der Waals surface area contributed by atoms with Crippen molar-refractivity contribution in [1.29, 1.82) is 0 Å². The molecule has 0 spiro atoms. The van der Waals surface area contributed by atoms with Crippen molar-refractivity contribution in [1.82, 2.24) is 9.97 Å². The van der Waals surface area contributed by atoms with Crippen LogP contribution in [0, 0.1) is 0 Å². The van der Waals surface area contributed by atoms with Gasteiger partial charge in [0.2, 0.25) is 5.95 Å². The molecular formula is C14H18N4. The largest absolute Gasteiger partial charge is 0.357 e. The van der Waals surface area contributed by atoms with Crippen LogP contribution in [0.3, 0.4) is 0 Å². The molecule has 0 aliphatic heterocycles. The van der Waals surface area contributed by atoms with E-state index in [0.29, 0.717) is 12.0 Å². The Morgan fingerprint density at radius 1 is 1.22 bits per heavy atom. The van der Waals surface area contributed by atoms with Crippen LogP contribution in [0.4, 0.5) is 11.8 Å². The smallest absolute Gasteiger partial charge is 0.224 e. The number of benzene rings is 1. The van der Waals surface area contributed by atoms with Crippen molar-refractivity contribution in [3.8, 4) is 0 Å². The summed E-state index contributed by atoms with van der Waals surface area (Å²) in [6.07, 6.45) is 3.87. The van der Waals surface area contributed by atoms with Crippen molar-refractivity contribution < 1.29 is 0 Å². The predicted molar refractivity (Wildman–Crippen MR) is 75.1 cm³/mol. The number of nitrogens with one attached hydrogen (secondary N) is 1. The first-order valence-electron chi connectivity index (χ1n) is 6.47. The molecule has 1 aliphatic carbocycles. The Bertz CT molecular complexity index is 563. The molecule has 0 saturated heterocycles. The molecule has 3 rings (SSSR count). The second kappa shape index (κ2) is 4.44. The first-order valence-corrected chi connectivity index (χ1v) is 6.47. The molecule has 1 aliphatic rings. The number of hydrogen-bond donors (Lipinski definition) is 1. The molecule has 1 aromatic heterocycles. The van der Waals surface area contributed by atoms with E-state index in [1.165, 1.54) is 19.3 Å². The fourth-order valence-corrected chi connectivity index (χ4v) is 2.39. The molecule has 1 heterocycles. The van der Waals surface area contributed by atoms with Crippen molar-refractivity contribution >= 4 is 22.7 Å². The van der Waals surface area contributed by atoms with Crippen LogP contribution in [0.25, 0.3) is 10.9 Å². The normalized spacial score (nSPS) is 15.4. The second-order valence-electron chi connectivity index (χ2n) is 4.83. The van der Waals surface area contributed by atoms with Crippen molar-refractivity contribution in [2.45, 2.75) is 25.3 Å². The van der Waals surface area contributed by atoms with Crippen LogP contribution in [0.1, 0.15) is 19.3 Å². The lowest BCUT2D eigenvalue weighted by atomic mass is 9.92. The summed E-state index contributed by atoms with van der Waals surface area (Å²) in [5.41, 5.74) is 0.998. The molecule has 1 aromatic carbocycles. The molecule has 0 bridgehead atoms. The molecule has 1 N–H and O–H groups in total. The maximum absolute atomic E-state index is 4.63. The minimum atomic E-state index is 0.632. The minimum absolute atomic E-state index is 0.632. The van der Waals surface area contributed by atoms with Gasteiger partial charge >= 0.3 is 0 Å². The number of hydrogen-bond acceptors (Lipinski definition) is 4. The molecule has 0 radical (unpaired) electrons. The monoisotopic (exact) mass is 242 g/mol. The lowest BCUT2D eigenvalue weighted by molar-refractivity contribution is 0.400. The Morgan fingerprint density at radius 2 is 2.00 bits per heavy atom. The van der Waals surface area contributed by atoms with Crippen LogP contribution in [-0.2, 0) is 0 Å². The maximum atomic E-state index is 4.63. The van der Waals surface area contributed by atoms with E-state index in [1.807, 2.05) is 25.2 Å². The summed E-state index contributed by atoms with van der Waals surface area (Å²) in [5.74, 6) is 1.73. The van der Waals surface area contributed by atoms with E-state index in [2.05, 4.69) is 33.3 Å². The highest BCUT2D eigenvalue weighted by Crippen LogP contribution is 2.31. The van der Waals surface area contributed by atoms with Crippen LogP contribution in [0.2, 0.25) is 0 Å². The van der Waals surface area contributed by atoms with Crippen molar-refractivity contribution in [2.24, 2.45) is 0 Å². The molecule has 1 saturated carbocycles. The summed E-state index contributed by atoms with van der Waals surface area (Å²) in [5, 5.41) is 4.17. The van der Waals surface area contributed by atoms with Gasteiger partial charge in [0, 0.05) is 25.5 Å². The number of para-hydroxylation sites is 1. The summed E-state index contributed by atoms with van der Waals surface area (Å²) < 4.78 is 0. The average molecular weight is 242 g/mol. The van der Waals surface area contributed by atoms with E-state index in [-0.39, 0.29) is 0 Å². The molecule has 2 aromatic rings. The van der Waals surface area contributed by atoms with Gasteiger partial charge in [-0.3, -0.25) is 0 Å². The van der Waals surface area contributed by atoms with E-state index in [1.54, 1.807) is 0 Å². The van der Waals surface area contributed by atoms with Gasteiger partial charge in [0.1, 0.15) is 5.82 Å². The van der Waals surface area contributed by atoms with E-state index >= 15 is 0 Å². The van der Waals surface area contributed by atoms with Crippen molar-refractivity contribution in [3.63, 3.8) is 0 Å². The SMILES string of the molecule is CNc1nc(N(C)C2CCC2)c2ccccc2n1. The van der Waals surface area contributed by atoms with Crippen molar-refractivity contribution in [2.75, 3.05) is 24.3 Å². The van der Waals surface area contributed by atoms with Gasteiger partial charge in [0.05, 0.1) is 5.52 Å². The maximum Gasteiger partial charge on any atom is 0.224 e.